The minimum Gasteiger partial charge on any atom is -0.483 e. The molecule has 37 heavy (non-hydrogen) atoms. The van der Waals surface area contributed by atoms with Gasteiger partial charge in [-0.1, -0.05) is 24.3 Å². The molecule has 3 heterocycles. The maximum Gasteiger partial charge on any atom is 0.494 e. The molecular formula is C28H32BF2N3O3. The molecule has 0 saturated carbocycles. The van der Waals surface area contributed by atoms with Crippen LogP contribution in [0.15, 0.2) is 48.5 Å². The molecular weight excluding hydrogens is 475 g/mol. The van der Waals surface area contributed by atoms with Gasteiger partial charge < -0.3 is 23.5 Å². The smallest absolute Gasteiger partial charge is 0.483 e. The van der Waals surface area contributed by atoms with Gasteiger partial charge in [0.2, 0.25) is 0 Å². The van der Waals surface area contributed by atoms with Gasteiger partial charge in [-0.15, -0.1) is 0 Å². The first-order chi connectivity index (χ1) is 17.5. The largest absolute Gasteiger partial charge is 0.494 e. The molecule has 5 rings (SSSR count). The summed E-state index contributed by atoms with van der Waals surface area (Å²) in [6.07, 6.45) is -1.21. The second-order valence-electron chi connectivity index (χ2n) is 10.8. The number of halogens is 2. The van der Waals surface area contributed by atoms with Crippen LogP contribution in [0.1, 0.15) is 46.6 Å². The van der Waals surface area contributed by atoms with Crippen LogP contribution in [0, 0.1) is 11.3 Å². The number of ether oxygens (including phenoxy) is 1. The highest BCUT2D eigenvalue weighted by atomic mass is 19.3. The van der Waals surface area contributed by atoms with E-state index in [1.807, 2.05) is 65.0 Å². The van der Waals surface area contributed by atoms with Crippen LogP contribution in [-0.2, 0) is 15.9 Å². The van der Waals surface area contributed by atoms with Crippen LogP contribution in [0.3, 0.4) is 0 Å². The average Bonchev–Trinajstić information content (AvgIpc) is 3.33. The highest BCUT2D eigenvalue weighted by molar-refractivity contribution is 6.62. The van der Waals surface area contributed by atoms with Crippen LogP contribution in [-0.4, -0.2) is 48.0 Å². The zero-order valence-electron chi connectivity index (χ0n) is 21.9. The Morgan fingerprint density at radius 2 is 1.78 bits per heavy atom. The second kappa shape index (κ2) is 9.04. The van der Waals surface area contributed by atoms with Crippen molar-refractivity contribution in [1.29, 1.82) is 5.26 Å². The van der Waals surface area contributed by atoms with Crippen molar-refractivity contribution in [3.63, 3.8) is 0 Å². The summed E-state index contributed by atoms with van der Waals surface area (Å²) >= 11 is 0. The lowest BCUT2D eigenvalue weighted by molar-refractivity contribution is -0.102. The monoisotopic (exact) mass is 507 g/mol. The fourth-order valence-electron chi connectivity index (χ4n) is 5.07. The number of piperidine rings is 1. The molecule has 0 N–H and O–H groups in total. The zero-order valence-corrected chi connectivity index (χ0v) is 21.9. The Morgan fingerprint density at radius 3 is 2.43 bits per heavy atom. The molecule has 1 aromatic heterocycles. The van der Waals surface area contributed by atoms with E-state index in [0.29, 0.717) is 18.6 Å². The van der Waals surface area contributed by atoms with Crippen LogP contribution in [0.2, 0.25) is 0 Å². The summed E-state index contributed by atoms with van der Waals surface area (Å²) in [5.41, 5.74) is 0.800. The first-order valence-corrected chi connectivity index (χ1v) is 12.7. The minimum atomic E-state index is -3.11. The van der Waals surface area contributed by atoms with Crippen LogP contribution in [0.5, 0.6) is 5.75 Å². The van der Waals surface area contributed by atoms with Crippen molar-refractivity contribution in [1.82, 2.24) is 4.57 Å². The summed E-state index contributed by atoms with van der Waals surface area (Å²) in [5.74, 6) is -2.18. The number of aromatic nitrogens is 1. The van der Waals surface area contributed by atoms with Crippen molar-refractivity contribution in [2.45, 2.75) is 70.8 Å². The maximum atomic E-state index is 15.4. The van der Waals surface area contributed by atoms with Crippen LogP contribution >= 0.6 is 0 Å². The second-order valence-corrected chi connectivity index (χ2v) is 10.8. The number of hydrogen-bond acceptors (Lipinski definition) is 5. The molecule has 0 aliphatic carbocycles. The fraction of sp³-hybridized carbons (Fsp3) is 0.464. The molecule has 2 fully saturated rings. The summed E-state index contributed by atoms with van der Waals surface area (Å²) in [7, 11) is -0.652. The highest BCUT2D eigenvalue weighted by Crippen LogP contribution is 2.38. The molecule has 9 heteroatoms. The molecule has 2 aliphatic rings. The third-order valence-corrected chi connectivity index (χ3v) is 7.88. The van der Waals surface area contributed by atoms with Crippen molar-refractivity contribution in [3.05, 3.63) is 54.1 Å². The fourth-order valence-corrected chi connectivity index (χ4v) is 5.07. The number of alkyl halides is 2. The SMILES string of the molecule is CCn1c(N2CC[C@H](Oc3ccc(B4OC(C)(C)C(C)(C)O4)cc3C#N)C(F)(F)C2)cc2ccccc21. The summed E-state index contributed by atoms with van der Waals surface area (Å²) in [4.78, 5) is 1.73. The lowest BCUT2D eigenvalue weighted by Gasteiger charge is -2.39. The predicted octanol–water partition coefficient (Wildman–Crippen LogP) is 5.13. The third kappa shape index (κ3) is 4.47. The summed E-state index contributed by atoms with van der Waals surface area (Å²) in [6, 6.07) is 16.8. The number of nitriles is 1. The predicted molar refractivity (Wildman–Crippen MR) is 141 cm³/mol. The van der Waals surface area contributed by atoms with E-state index in [9.17, 15) is 5.26 Å². The van der Waals surface area contributed by atoms with Crippen LogP contribution < -0.4 is 15.1 Å². The minimum absolute atomic E-state index is 0.127. The van der Waals surface area contributed by atoms with E-state index in [4.69, 9.17) is 14.0 Å². The van der Waals surface area contributed by atoms with Crippen LogP contribution in [0.4, 0.5) is 14.6 Å². The normalized spacial score (nSPS) is 22.3. The van der Waals surface area contributed by atoms with Gasteiger partial charge in [0.25, 0.3) is 0 Å². The van der Waals surface area contributed by atoms with E-state index in [1.165, 1.54) is 0 Å². The Labute approximate surface area is 216 Å². The van der Waals surface area contributed by atoms with E-state index in [1.54, 1.807) is 23.1 Å². The van der Waals surface area contributed by atoms with Crippen molar-refractivity contribution in [2.24, 2.45) is 0 Å². The molecule has 2 aliphatic heterocycles. The van der Waals surface area contributed by atoms with Crippen molar-refractivity contribution in [3.8, 4) is 11.8 Å². The molecule has 3 aromatic rings. The topological polar surface area (TPSA) is 59.6 Å². The number of rotatable bonds is 5. The van der Waals surface area contributed by atoms with Gasteiger partial charge in [-0.2, -0.15) is 5.26 Å². The van der Waals surface area contributed by atoms with Crippen molar-refractivity contribution >= 4 is 29.3 Å². The molecule has 0 amide bonds. The summed E-state index contributed by atoms with van der Waals surface area (Å²) in [6.45, 7) is 10.5. The molecule has 1 atom stereocenters. The van der Waals surface area contributed by atoms with Gasteiger partial charge in [0.05, 0.1) is 23.3 Å². The van der Waals surface area contributed by atoms with E-state index in [-0.39, 0.29) is 17.7 Å². The average molecular weight is 507 g/mol. The molecule has 0 bridgehead atoms. The van der Waals surface area contributed by atoms with E-state index >= 15 is 8.78 Å². The van der Waals surface area contributed by atoms with Gasteiger partial charge in [-0.3, -0.25) is 0 Å². The number of hydrogen-bond donors (Lipinski definition) is 0. The number of aryl methyl sites for hydroxylation is 1. The lowest BCUT2D eigenvalue weighted by atomic mass is 9.78. The van der Waals surface area contributed by atoms with Gasteiger partial charge in [-0.05, 0) is 64.3 Å². The number of fused-ring (bicyclic) bond motifs is 1. The van der Waals surface area contributed by atoms with Gasteiger partial charge in [0.1, 0.15) is 17.6 Å². The first kappa shape index (κ1) is 25.6. The first-order valence-electron chi connectivity index (χ1n) is 12.7. The van der Waals surface area contributed by atoms with Gasteiger partial charge in [0.15, 0.2) is 6.10 Å². The number of nitrogens with zero attached hydrogens (tertiary/aromatic N) is 3. The van der Waals surface area contributed by atoms with Gasteiger partial charge >= 0.3 is 13.0 Å². The van der Waals surface area contributed by atoms with E-state index < -0.39 is 36.9 Å². The van der Waals surface area contributed by atoms with Gasteiger partial charge in [-0.25, -0.2) is 8.78 Å². The Morgan fingerprint density at radius 1 is 1.08 bits per heavy atom. The maximum absolute atomic E-state index is 15.4. The zero-order chi connectivity index (χ0) is 26.6. The van der Waals surface area contributed by atoms with Crippen molar-refractivity contribution in [2.75, 3.05) is 18.0 Å². The number of para-hydroxylation sites is 1. The third-order valence-electron chi connectivity index (χ3n) is 7.88. The number of anilines is 1. The summed E-state index contributed by atoms with van der Waals surface area (Å²) < 4.78 is 50.8. The molecule has 6 nitrogen and oxygen atoms in total. The van der Waals surface area contributed by atoms with Gasteiger partial charge in [0, 0.05) is 30.4 Å². The Kier molecular flexibility index (Phi) is 6.24. The van der Waals surface area contributed by atoms with Crippen molar-refractivity contribution < 1.29 is 22.8 Å². The quantitative estimate of drug-likeness (QED) is 0.449. The molecule has 194 valence electrons. The Hall–Kier alpha value is -3.09. The highest BCUT2D eigenvalue weighted by Gasteiger charge is 2.52. The molecule has 2 saturated heterocycles. The Balaban J connectivity index is 1.34. The lowest BCUT2D eigenvalue weighted by Crippen LogP contribution is -2.54. The van der Waals surface area contributed by atoms with Crippen LogP contribution in [0.25, 0.3) is 10.9 Å². The molecule has 2 aromatic carbocycles. The molecule has 0 radical (unpaired) electrons. The standard InChI is InChI=1S/C28H32BF2N3O3/c1-6-34-22-10-8-7-9-19(22)16-25(34)33-14-13-24(28(30,31)18-33)35-23-12-11-21(15-20(23)17-32)29-36-26(2,3)27(4,5)37-29/h7-12,15-16,24H,6,13-14,18H2,1-5H3/t24-/m0/s1. The Bertz CT molecular complexity index is 1350. The molecule has 0 spiro atoms. The van der Waals surface area contributed by atoms with E-state index in [2.05, 4.69) is 10.6 Å². The van der Waals surface area contributed by atoms with E-state index in [0.717, 1.165) is 16.7 Å². The molecule has 0 unspecified atom stereocenters. The number of benzene rings is 2. The summed E-state index contributed by atoms with van der Waals surface area (Å²) in [5, 5.41) is 10.8.